The second-order valence-corrected chi connectivity index (χ2v) is 6.74. The highest BCUT2D eigenvalue weighted by molar-refractivity contribution is 6.29. The van der Waals surface area contributed by atoms with Crippen LogP contribution >= 0.6 is 11.6 Å². The van der Waals surface area contributed by atoms with Gasteiger partial charge in [0.1, 0.15) is 6.61 Å². The van der Waals surface area contributed by atoms with Crippen molar-refractivity contribution in [3.63, 3.8) is 0 Å². The SMILES string of the molecule is C#CC(C)(C)OC(=O)[C@H]1[C@@H](C(=O)OCC(=C)Cl)[C@@H]2C=C[C@H]1C2. The minimum atomic E-state index is -0.999. The average molecular weight is 323 g/mol. The number of carbonyl (C=O) groups is 2. The van der Waals surface area contributed by atoms with Gasteiger partial charge in [0, 0.05) is 5.03 Å². The van der Waals surface area contributed by atoms with E-state index in [9.17, 15) is 9.59 Å². The predicted octanol–water partition coefficient (Wildman–Crippen LogP) is 2.68. The summed E-state index contributed by atoms with van der Waals surface area (Å²) in [7, 11) is 0. The first kappa shape index (κ1) is 16.6. The number of hydrogen-bond acceptors (Lipinski definition) is 4. The highest BCUT2D eigenvalue weighted by Crippen LogP contribution is 2.49. The zero-order valence-electron chi connectivity index (χ0n) is 12.7. The summed E-state index contributed by atoms with van der Waals surface area (Å²) >= 11 is 5.61. The molecule has 0 aliphatic heterocycles. The molecule has 22 heavy (non-hydrogen) atoms. The van der Waals surface area contributed by atoms with Crippen LogP contribution in [0.4, 0.5) is 0 Å². The Morgan fingerprint density at radius 1 is 1.32 bits per heavy atom. The Bertz CT molecular complexity index is 570. The number of rotatable bonds is 5. The molecule has 2 bridgehead atoms. The van der Waals surface area contributed by atoms with E-state index in [0.717, 1.165) is 6.42 Å². The lowest BCUT2D eigenvalue weighted by atomic mass is 9.83. The van der Waals surface area contributed by atoms with Crippen molar-refractivity contribution in [2.75, 3.05) is 6.61 Å². The van der Waals surface area contributed by atoms with Gasteiger partial charge in [-0.3, -0.25) is 9.59 Å². The molecule has 118 valence electrons. The van der Waals surface area contributed by atoms with Crippen LogP contribution in [0.5, 0.6) is 0 Å². The Hall–Kier alpha value is -1.73. The van der Waals surface area contributed by atoms with Crippen LogP contribution in [-0.2, 0) is 19.1 Å². The average Bonchev–Trinajstić information content (AvgIpc) is 3.04. The second-order valence-electron chi connectivity index (χ2n) is 6.20. The molecular formula is C17H19ClO4. The Kier molecular flexibility index (Phi) is 4.67. The molecule has 0 heterocycles. The minimum absolute atomic E-state index is 0.00686. The van der Waals surface area contributed by atoms with E-state index in [1.54, 1.807) is 13.8 Å². The van der Waals surface area contributed by atoms with Gasteiger partial charge in [0.05, 0.1) is 11.8 Å². The van der Waals surface area contributed by atoms with Crippen molar-refractivity contribution < 1.29 is 19.1 Å². The van der Waals surface area contributed by atoms with Gasteiger partial charge in [0.25, 0.3) is 0 Å². The summed E-state index contributed by atoms with van der Waals surface area (Å²) in [6.45, 7) is 6.69. The minimum Gasteiger partial charge on any atom is -0.460 e. The maximum absolute atomic E-state index is 12.5. The van der Waals surface area contributed by atoms with E-state index in [2.05, 4.69) is 12.5 Å². The summed E-state index contributed by atoms with van der Waals surface area (Å²) in [6, 6.07) is 0. The maximum Gasteiger partial charge on any atom is 0.311 e. The van der Waals surface area contributed by atoms with E-state index in [1.807, 2.05) is 12.2 Å². The molecule has 0 aromatic rings. The molecule has 0 N–H and O–H groups in total. The van der Waals surface area contributed by atoms with Crippen molar-refractivity contribution in [1.29, 1.82) is 0 Å². The third-order valence-corrected chi connectivity index (χ3v) is 4.19. The van der Waals surface area contributed by atoms with E-state index in [0.29, 0.717) is 0 Å². The summed E-state index contributed by atoms with van der Waals surface area (Å²) in [5.74, 6) is 0.396. The van der Waals surface area contributed by atoms with Crippen molar-refractivity contribution in [3.8, 4) is 12.3 Å². The van der Waals surface area contributed by atoms with E-state index in [1.165, 1.54) is 0 Å². The Morgan fingerprint density at radius 3 is 2.36 bits per heavy atom. The Morgan fingerprint density at radius 2 is 1.86 bits per heavy atom. The van der Waals surface area contributed by atoms with Gasteiger partial charge >= 0.3 is 11.9 Å². The fourth-order valence-electron chi connectivity index (χ4n) is 3.06. The van der Waals surface area contributed by atoms with Crippen molar-refractivity contribution in [3.05, 3.63) is 23.8 Å². The fraction of sp³-hybridized carbons (Fsp3) is 0.529. The molecule has 2 rings (SSSR count). The van der Waals surface area contributed by atoms with Crippen LogP contribution in [0.3, 0.4) is 0 Å². The zero-order valence-corrected chi connectivity index (χ0v) is 13.4. The molecule has 1 fully saturated rings. The monoisotopic (exact) mass is 322 g/mol. The molecule has 0 aromatic carbocycles. The third-order valence-electron chi connectivity index (χ3n) is 4.08. The van der Waals surface area contributed by atoms with Crippen molar-refractivity contribution >= 4 is 23.5 Å². The van der Waals surface area contributed by atoms with Crippen molar-refractivity contribution in [1.82, 2.24) is 0 Å². The lowest BCUT2D eigenvalue weighted by Crippen LogP contribution is -2.39. The fourth-order valence-corrected chi connectivity index (χ4v) is 3.11. The first-order valence-electron chi connectivity index (χ1n) is 7.14. The van der Waals surface area contributed by atoms with Gasteiger partial charge in [-0.2, -0.15) is 0 Å². The predicted molar refractivity (Wildman–Crippen MR) is 82.7 cm³/mol. The molecule has 2 aliphatic carbocycles. The van der Waals surface area contributed by atoms with Crippen molar-refractivity contribution in [2.24, 2.45) is 23.7 Å². The van der Waals surface area contributed by atoms with Crippen LogP contribution in [0.2, 0.25) is 0 Å². The molecule has 1 saturated carbocycles. The Labute approximate surface area is 135 Å². The van der Waals surface area contributed by atoms with Crippen LogP contribution < -0.4 is 0 Å². The number of ether oxygens (including phenoxy) is 2. The second kappa shape index (κ2) is 6.18. The number of carbonyl (C=O) groups excluding carboxylic acids is 2. The van der Waals surface area contributed by atoms with Gasteiger partial charge in [0.2, 0.25) is 0 Å². The van der Waals surface area contributed by atoms with Gasteiger partial charge in [-0.25, -0.2) is 0 Å². The molecule has 0 aromatic heterocycles. The summed E-state index contributed by atoms with van der Waals surface area (Å²) in [5, 5.41) is 0.236. The van der Waals surface area contributed by atoms with Crippen LogP contribution in [0, 0.1) is 36.0 Å². The summed E-state index contributed by atoms with van der Waals surface area (Å²) < 4.78 is 10.5. The molecule has 0 amide bonds. The zero-order chi connectivity index (χ0) is 16.5. The van der Waals surface area contributed by atoms with Crippen LogP contribution in [-0.4, -0.2) is 24.1 Å². The molecular weight excluding hydrogens is 304 g/mol. The number of halogens is 1. The van der Waals surface area contributed by atoms with E-state index >= 15 is 0 Å². The standard InChI is InChI=1S/C17H19ClO4/c1-5-17(3,4)22-16(20)14-12-7-6-11(8-12)13(14)15(19)21-9-10(2)18/h1,6-7,11-14H,2,8-9H2,3-4H3/t11-,12+,13+,14-/m1/s1. The van der Waals surface area contributed by atoms with Crippen LogP contribution in [0.15, 0.2) is 23.8 Å². The molecule has 5 heteroatoms. The van der Waals surface area contributed by atoms with Gasteiger partial charge in [-0.05, 0) is 32.1 Å². The van der Waals surface area contributed by atoms with Crippen LogP contribution in [0.25, 0.3) is 0 Å². The number of fused-ring (bicyclic) bond motifs is 2. The lowest BCUT2D eigenvalue weighted by Gasteiger charge is -2.28. The highest BCUT2D eigenvalue weighted by atomic mass is 35.5. The quantitative estimate of drug-likeness (QED) is 0.443. The van der Waals surface area contributed by atoms with E-state index in [-0.39, 0.29) is 23.5 Å². The molecule has 0 spiro atoms. The summed E-state index contributed by atoms with van der Waals surface area (Å²) in [4.78, 5) is 24.7. The molecule has 4 atom stereocenters. The largest absolute Gasteiger partial charge is 0.460 e. The molecule has 0 saturated heterocycles. The molecule has 0 unspecified atom stereocenters. The summed E-state index contributed by atoms with van der Waals surface area (Å²) in [5.41, 5.74) is -0.999. The van der Waals surface area contributed by atoms with E-state index in [4.69, 9.17) is 27.5 Å². The van der Waals surface area contributed by atoms with Crippen molar-refractivity contribution in [2.45, 2.75) is 25.9 Å². The highest BCUT2D eigenvalue weighted by Gasteiger charge is 2.53. The van der Waals surface area contributed by atoms with Gasteiger partial charge in [-0.1, -0.05) is 36.3 Å². The topological polar surface area (TPSA) is 52.6 Å². The van der Waals surface area contributed by atoms with E-state index < -0.39 is 29.4 Å². The number of terminal acetylenes is 1. The molecule has 0 radical (unpaired) electrons. The van der Waals surface area contributed by atoms with Gasteiger partial charge in [0.15, 0.2) is 5.60 Å². The first-order chi connectivity index (χ1) is 10.2. The lowest BCUT2D eigenvalue weighted by molar-refractivity contribution is -0.166. The number of allylic oxidation sites excluding steroid dienone is 2. The number of esters is 2. The normalized spacial score (nSPS) is 29.0. The molecule has 4 nitrogen and oxygen atoms in total. The van der Waals surface area contributed by atoms with Gasteiger partial charge in [-0.15, -0.1) is 6.42 Å². The number of hydrogen-bond donors (Lipinski definition) is 0. The Balaban J connectivity index is 2.13. The smallest absolute Gasteiger partial charge is 0.311 e. The van der Waals surface area contributed by atoms with Gasteiger partial charge < -0.3 is 9.47 Å². The first-order valence-corrected chi connectivity index (χ1v) is 7.52. The maximum atomic E-state index is 12.5. The van der Waals surface area contributed by atoms with Crippen LogP contribution in [0.1, 0.15) is 20.3 Å². The molecule has 2 aliphatic rings. The summed E-state index contributed by atoms with van der Waals surface area (Å²) in [6.07, 6.45) is 10.0. The third kappa shape index (κ3) is 3.36.